The standard InChI is InChI=1S/C21H27N5O2/c1-3-22-21(28)24-18-9-10-19(23-15-18)25-11-4-12-26(14-13-25)20(27)17-7-5-16(2)6-8-17/h5-10,15H,3-4,11-14H2,1-2H3,(H2,22,24,28). The van der Waals surface area contributed by atoms with Crippen molar-refractivity contribution in [2.24, 2.45) is 0 Å². The highest BCUT2D eigenvalue weighted by atomic mass is 16.2. The van der Waals surface area contributed by atoms with Gasteiger partial charge in [0.15, 0.2) is 0 Å². The molecule has 0 saturated carbocycles. The second-order valence-electron chi connectivity index (χ2n) is 6.89. The van der Waals surface area contributed by atoms with Crippen LogP contribution in [0, 0.1) is 6.92 Å². The molecule has 2 N–H and O–H groups in total. The first-order valence-electron chi connectivity index (χ1n) is 9.68. The lowest BCUT2D eigenvalue weighted by atomic mass is 10.1. The van der Waals surface area contributed by atoms with Gasteiger partial charge in [-0.25, -0.2) is 9.78 Å². The lowest BCUT2D eigenvalue weighted by molar-refractivity contribution is 0.0767. The number of amides is 3. The lowest BCUT2D eigenvalue weighted by Crippen LogP contribution is -2.35. The normalized spacial score (nSPS) is 14.4. The van der Waals surface area contributed by atoms with Crippen LogP contribution in [-0.2, 0) is 0 Å². The van der Waals surface area contributed by atoms with Crippen LogP contribution in [0.5, 0.6) is 0 Å². The van der Waals surface area contributed by atoms with Crippen molar-refractivity contribution in [2.45, 2.75) is 20.3 Å². The molecule has 3 amide bonds. The fraction of sp³-hybridized carbons (Fsp3) is 0.381. The molecule has 3 rings (SSSR count). The van der Waals surface area contributed by atoms with Gasteiger partial charge < -0.3 is 20.4 Å². The molecule has 28 heavy (non-hydrogen) atoms. The van der Waals surface area contributed by atoms with Gasteiger partial charge in [0.25, 0.3) is 5.91 Å². The maximum absolute atomic E-state index is 12.8. The molecular weight excluding hydrogens is 354 g/mol. The first-order chi connectivity index (χ1) is 13.6. The molecule has 1 aliphatic heterocycles. The molecule has 0 atom stereocenters. The molecule has 1 aromatic heterocycles. The fourth-order valence-corrected chi connectivity index (χ4v) is 3.21. The summed E-state index contributed by atoms with van der Waals surface area (Å²) in [6.45, 7) is 7.42. The SMILES string of the molecule is CCNC(=O)Nc1ccc(N2CCCN(C(=O)c3ccc(C)cc3)CC2)nc1. The van der Waals surface area contributed by atoms with Crippen LogP contribution in [-0.4, -0.2) is 54.5 Å². The Bertz CT molecular complexity index is 805. The lowest BCUT2D eigenvalue weighted by Gasteiger charge is -2.23. The molecule has 1 saturated heterocycles. The van der Waals surface area contributed by atoms with E-state index < -0.39 is 0 Å². The topological polar surface area (TPSA) is 77.6 Å². The number of urea groups is 1. The van der Waals surface area contributed by atoms with Crippen molar-refractivity contribution in [1.29, 1.82) is 0 Å². The summed E-state index contributed by atoms with van der Waals surface area (Å²) < 4.78 is 0. The van der Waals surface area contributed by atoms with Crippen molar-refractivity contribution in [3.05, 3.63) is 53.7 Å². The summed E-state index contributed by atoms with van der Waals surface area (Å²) in [5.74, 6) is 0.933. The molecule has 2 aromatic rings. The number of anilines is 2. The number of carbonyl (C=O) groups is 2. The molecular formula is C21H27N5O2. The van der Waals surface area contributed by atoms with Crippen LogP contribution in [0.2, 0.25) is 0 Å². The van der Waals surface area contributed by atoms with Crippen LogP contribution in [0.15, 0.2) is 42.6 Å². The van der Waals surface area contributed by atoms with Gasteiger partial charge >= 0.3 is 6.03 Å². The number of nitrogens with zero attached hydrogens (tertiary/aromatic N) is 3. The number of carbonyl (C=O) groups excluding carboxylic acids is 2. The van der Waals surface area contributed by atoms with Crippen molar-refractivity contribution >= 4 is 23.4 Å². The Kier molecular flexibility index (Phi) is 6.47. The average molecular weight is 381 g/mol. The Morgan fingerprint density at radius 1 is 1.04 bits per heavy atom. The maximum Gasteiger partial charge on any atom is 0.319 e. The van der Waals surface area contributed by atoms with E-state index in [0.29, 0.717) is 18.8 Å². The molecule has 7 heteroatoms. The maximum atomic E-state index is 12.8. The number of benzene rings is 1. The van der Waals surface area contributed by atoms with Gasteiger partial charge in [-0.15, -0.1) is 0 Å². The van der Waals surface area contributed by atoms with Gasteiger partial charge in [0, 0.05) is 38.3 Å². The number of aromatic nitrogens is 1. The molecule has 148 valence electrons. The van der Waals surface area contributed by atoms with Crippen molar-refractivity contribution < 1.29 is 9.59 Å². The van der Waals surface area contributed by atoms with Gasteiger partial charge in [0.1, 0.15) is 5.82 Å². The third-order valence-corrected chi connectivity index (χ3v) is 4.75. The molecule has 1 aromatic carbocycles. The van der Waals surface area contributed by atoms with Crippen LogP contribution in [0.25, 0.3) is 0 Å². The third-order valence-electron chi connectivity index (χ3n) is 4.75. The largest absolute Gasteiger partial charge is 0.355 e. The molecule has 1 aliphatic rings. The average Bonchev–Trinajstić information content (AvgIpc) is 2.95. The second kappa shape index (κ2) is 9.21. The zero-order valence-corrected chi connectivity index (χ0v) is 16.4. The molecule has 0 unspecified atom stereocenters. The zero-order chi connectivity index (χ0) is 19.9. The van der Waals surface area contributed by atoms with Crippen molar-refractivity contribution in [2.75, 3.05) is 42.9 Å². The molecule has 1 fully saturated rings. The zero-order valence-electron chi connectivity index (χ0n) is 16.4. The van der Waals surface area contributed by atoms with E-state index in [1.165, 1.54) is 0 Å². The van der Waals surface area contributed by atoms with Crippen molar-refractivity contribution in [1.82, 2.24) is 15.2 Å². The monoisotopic (exact) mass is 381 g/mol. The van der Waals surface area contributed by atoms with E-state index in [1.54, 1.807) is 6.20 Å². The Morgan fingerprint density at radius 3 is 2.50 bits per heavy atom. The van der Waals surface area contributed by atoms with E-state index in [0.717, 1.165) is 43.0 Å². The van der Waals surface area contributed by atoms with Crippen LogP contribution in [0.4, 0.5) is 16.3 Å². The minimum absolute atomic E-state index is 0.0799. The quantitative estimate of drug-likeness (QED) is 0.854. The van der Waals surface area contributed by atoms with E-state index in [4.69, 9.17) is 0 Å². The van der Waals surface area contributed by atoms with E-state index in [2.05, 4.69) is 20.5 Å². The number of rotatable bonds is 4. The predicted molar refractivity (Wildman–Crippen MR) is 111 cm³/mol. The molecule has 7 nitrogen and oxygen atoms in total. The summed E-state index contributed by atoms with van der Waals surface area (Å²) in [5.41, 5.74) is 2.54. The fourth-order valence-electron chi connectivity index (χ4n) is 3.21. The van der Waals surface area contributed by atoms with Crippen LogP contribution < -0.4 is 15.5 Å². The molecule has 0 aliphatic carbocycles. The highest BCUT2D eigenvalue weighted by molar-refractivity contribution is 5.94. The summed E-state index contributed by atoms with van der Waals surface area (Å²) in [7, 11) is 0. The first-order valence-corrected chi connectivity index (χ1v) is 9.68. The van der Waals surface area contributed by atoms with E-state index in [9.17, 15) is 9.59 Å². The highest BCUT2D eigenvalue weighted by Crippen LogP contribution is 2.17. The smallest absolute Gasteiger partial charge is 0.319 e. The minimum Gasteiger partial charge on any atom is -0.355 e. The summed E-state index contributed by atoms with van der Waals surface area (Å²) in [6.07, 6.45) is 2.54. The Morgan fingerprint density at radius 2 is 1.82 bits per heavy atom. The molecule has 2 heterocycles. The summed E-state index contributed by atoms with van der Waals surface area (Å²) in [6, 6.07) is 11.2. The van der Waals surface area contributed by atoms with Gasteiger partial charge in [-0.05, 0) is 44.5 Å². The molecule has 0 radical (unpaired) electrons. The third kappa shape index (κ3) is 5.00. The van der Waals surface area contributed by atoms with Crippen molar-refractivity contribution in [3.8, 4) is 0 Å². The number of hydrogen-bond donors (Lipinski definition) is 2. The molecule has 0 bridgehead atoms. The minimum atomic E-state index is -0.239. The first kappa shape index (κ1) is 19.7. The summed E-state index contributed by atoms with van der Waals surface area (Å²) >= 11 is 0. The van der Waals surface area contributed by atoms with Gasteiger partial charge in [-0.2, -0.15) is 0 Å². The van der Waals surface area contributed by atoms with Gasteiger partial charge in [-0.3, -0.25) is 4.79 Å². The second-order valence-corrected chi connectivity index (χ2v) is 6.89. The summed E-state index contributed by atoms with van der Waals surface area (Å²) in [4.78, 5) is 32.9. The number of aryl methyl sites for hydroxylation is 1. The highest BCUT2D eigenvalue weighted by Gasteiger charge is 2.21. The van der Waals surface area contributed by atoms with Crippen molar-refractivity contribution in [3.63, 3.8) is 0 Å². The van der Waals surface area contributed by atoms with Gasteiger partial charge in [0.05, 0.1) is 11.9 Å². The van der Waals surface area contributed by atoms with Crippen LogP contribution in [0.1, 0.15) is 29.3 Å². The van der Waals surface area contributed by atoms with Crippen LogP contribution >= 0.6 is 0 Å². The number of hydrogen-bond acceptors (Lipinski definition) is 4. The summed E-state index contributed by atoms with van der Waals surface area (Å²) in [5, 5.41) is 5.43. The van der Waals surface area contributed by atoms with E-state index in [1.807, 2.05) is 55.1 Å². The number of nitrogens with one attached hydrogen (secondary N) is 2. The number of pyridine rings is 1. The van der Waals surface area contributed by atoms with E-state index >= 15 is 0 Å². The predicted octanol–water partition coefficient (Wildman–Crippen LogP) is 2.88. The Balaban J connectivity index is 1.59. The Hall–Kier alpha value is -3.09. The van der Waals surface area contributed by atoms with Gasteiger partial charge in [-0.1, -0.05) is 17.7 Å². The molecule has 0 spiro atoms. The Labute approximate surface area is 165 Å². The van der Waals surface area contributed by atoms with Crippen LogP contribution in [0.3, 0.4) is 0 Å². The van der Waals surface area contributed by atoms with E-state index in [-0.39, 0.29) is 11.9 Å². The van der Waals surface area contributed by atoms with Gasteiger partial charge in [0.2, 0.25) is 0 Å².